The summed E-state index contributed by atoms with van der Waals surface area (Å²) in [6, 6.07) is 8.80. The molecule has 2 fully saturated rings. The van der Waals surface area contributed by atoms with Crippen LogP contribution in [0, 0.1) is 11.3 Å². The molecule has 11 nitrogen and oxygen atoms in total. The lowest BCUT2D eigenvalue weighted by Crippen LogP contribution is -2.49. The van der Waals surface area contributed by atoms with E-state index in [2.05, 4.69) is 55.9 Å². The Balaban J connectivity index is 1.32. The maximum atomic E-state index is 12.4. The number of carbonyl (C=O) groups is 1. The third-order valence-electron chi connectivity index (χ3n) is 7.93. The average Bonchev–Trinajstić information content (AvgIpc) is 3.03. The van der Waals surface area contributed by atoms with Crippen molar-refractivity contribution in [1.82, 2.24) is 15.5 Å². The third kappa shape index (κ3) is 7.77. The molecule has 228 valence electrons. The normalized spacial score (nSPS) is 21.3. The van der Waals surface area contributed by atoms with Gasteiger partial charge in [0.2, 0.25) is 11.9 Å². The van der Waals surface area contributed by atoms with Gasteiger partial charge in [0, 0.05) is 50.5 Å². The molecule has 1 aliphatic carbocycles. The number of nitrogens with one attached hydrogen (secondary N) is 4. The van der Waals surface area contributed by atoms with Crippen molar-refractivity contribution in [3.05, 3.63) is 66.2 Å². The number of nitrogens with zero attached hydrogens (tertiary/aromatic N) is 4. The van der Waals surface area contributed by atoms with Crippen LogP contribution in [0.4, 0.5) is 17.1 Å². The van der Waals surface area contributed by atoms with E-state index in [-0.39, 0.29) is 12.0 Å². The molecule has 11 heteroatoms. The first-order valence-electron chi connectivity index (χ1n) is 15.1. The van der Waals surface area contributed by atoms with E-state index in [0.717, 1.165) is 82.2 Å². The van der Waals surface area contributed by atoms with Gasteiger partial charge in [-0.25, -0.2) is 4.99 Å². The monoisotopic (exact) mass is 586 g/mol. The largest absolute Gasteiger partial charge is 0.493 e. The fraction of sp³-hybridized carbons (Fsp3) is 0.469. The van der Waals surface area contributed by atoms with Crippen LogP contribution in [0.25, 0.3) is 0 Å². The zero-order valence-electron chi connectivity index (χ0n) is 25.1. The zero-order valence-corrected chi connectivity index (χ0v) is 25.1. The minimum Gasteiger partial charge on any atom is -0.493 e. The number of hydrogen-bond donors (Lipinski definition) is 4. The van der Waals surface area contributed by atoms with Crippen LogP contribution < -0.4 is 26.2 Å². The molecular weight excluding hydrogens is 544 g/mol. The number of aliphatic imine (C=N–C) groups is 1. The molecule has 3 aliphatic heterocycles. The first kappa shape index (κ1) is 30.2. The predicted octanol–water partition coefficient (Wildman–Crippen LogP) is 3.79. The molecular formula is C32H42N8O3. The molecule has 2 saturated heterocycles. The second-order valence-electron chi connectivity index (χ2n) is 11.2. The number of carbonyl (C=O) groups excluding carboxylic acids is 1. The Labute approximate surface area is 254 Å². The molecule has 0 radical (unpaired) electrons. The summed E-state index contributed by atoms with van der Waals surface area (Å²) in [5, 5.41) is 22.5. The van der Waals surface area contributed by atoms with Gasteiger partial charge in [-0.05, 0) is 63.5 Å². The SMILES string of the molecule is C=CC(=O)Nc1cc(N2CCC(N3CCOCC3)CC2)ccc1NC1=NC(NC2=C(OC(C)C)CCC=C2)C(C#N)=CN1. The molecule has 4 N–H and O–H groups in total. The molecule has 1 aromatic carbocycles. The average molecular weight is 587 g/mol. The molecule has 3 heterocycles. The van der Waals surface area contributed by atoms with E-state index in [1.54, 1.807) is 6.20 Å². The summed E-state index contributed by atoms with van der Waals surface area (Å²) in [5.74, 6) is 0.998. The highest BCUT2D eigenvalue weighted by Crippen LogP contribution is 2.31. The fourth-order valence-electron chi connectivity index (χ4n) is 5.74. The minimum absolute atomic E-state index is 0.0429. The maximum Gasteiger partial charge on any atom is 0.247 e. The Morgan fingerprint density at radius 3 is 2.74 bits per heavy atom. The lowest BCUT2D eigenvalue weighted by Gasteiger charge is -2.41. The topological polar surface area (TPSA) is 126 Å². The number of amides is 1. The van der Waals surface area contributed by atoms with E-state index in [0.29, 0.717) is 28.9 Å². The van der Waals surface area contributed by atoms with E-state index >= 15 is 0 Å². The molecule has 4 aliphatic rings. The highest BCUT2D eigenvalue weighted by Gasteiger charge is 2.27. The molecule has 5 rings (SSSR count). The number of allylic oxidation sites excluding steroid dienone is 3. The molecule has 1 amide bonds. The van der Waals surface area contributed by atoms with Crippen molar-refractivity contribution in [2.24, 2.45) is 4.99 Å². The summed E-state index contributed by atoms with van der Waals surface area (Å²) in [5.41, 5.74) is 3.59. The van der Waals surface area contributed by atoms with Crippen LogP contribution in [0.15, 0.2) is 71.2 Å². The maximum absolute atomic E-state index is 12.4. The van der Waals surface area contributed by atoms with Crippen molar-refractivity contribution in [2.45, 2.75) is 57.8 Å². The van der Waals surface area contributed by atoms with Gasteiger partial charge in [-0.1, -0.05) is 12.7 Å². The molecule has 0 bridgehead atoms. The Morgan fingerprint density at radius 1 is 1.23 bits per heavy atom. The number of piperidine rings is 1. The van der Waals surface area contributed by atoms with Crippen molar-refractivity contribution in [3.63, 3.8) is 0 Å². The summed E-state index contributed by atoms with van der Waals surface area (Å²) < 4.78 is 11.5. The zero-order chi connectivity index (χ0) is 30.2. The second kappa shape index (κ2) is 14.3. The van der Waals surface area contributed by atoms with E-state index in [4.69, 9.17) is 14.5 Å². The molecule has 43 heavy (non-hydrogen) atoms. The highest BCUT2D eigenvalue weighted by atomic mass is 16.5. The summed E-state index contributed by atoms with van der Waals surface area (Å²) in [6.45, 7) is 13.1. The summed E-state index contributed by atoms with van der Waals surface area (Å²) in [7, 11) is 0. The van der Waals surface area contributed by atoms with Crippen molar-refractivity contribution in [2.75, 3.05) is 54.9 Å². The number of nitriles is 1. The van der Waals surface area contributed by atoms with Gasteiger partial charge in [0.1, 0.15) is 11.8 Å². The van der Waals surface area contributed by atoms with Crippen LogP contribution >= 0.6 is 0 Å². The number of morpholine rings is 1. The lowest BCUT2D eigenvalue weighted by atomic mass is 10.0. The molecule has 0 spiro atoms. The first-order valence-corrected chi connectivity index (χ1v) is 15.1. The minimum atomic E-state index is -0.615. The van der Waals surface area contributed by atoms with Gasteiger partial charge in [-0.15, -0.1) is 0 Å². The van der Waals surface area contributed by atoms with Crippen molar-refractivity contribution in [1.29, 1.82) is 5.26 Å². The highest BCUT2D eigenvalue weighted by molar-refractivity contribution is 6.05. The number of guanidine groups is 1. The molecule has 0 aromatic heterocycles. The van der Waals surface area contributed by atoms with Crippen LogP contribution in [0.2, 0.25) is 0 Å². The smallest absolute Gasteiger partial charge is 0.247 e. The quantitative estimate of drug-likeness (QED) is 0.320. The van der Waals surface area contributed by atoms with Gasteiger partial charge in [-0.3, -0.25) is 9.69 Å². The van der Waals surface area contributed by atoms with Gasteiger partial charge >= 0.3 is 0 Å². The van der Waals surface area contributed by atoms with Gasteiger partial charge < -0.3 is 35.6 Å². The van der Waals surface area contributed by atoms with Gasteiger partial charge in [0.05, 0.1) is 42.0 Å². The standard InChI is InChI=1S/C32H42N8O3/c1-4-30(41)35-28-19-25(39-13-11-24(12-14-39)40-15-17-42-18-16-40)9-10-26(28)37-32-34-21-23(20-33)31(38-32)36-27-7-5-6-8-29(27)43-22(2)3/h4-5,7,9-10,19,21-22,24,31,36H,1,6,8,11-18H2,2-3H3,(H,35,41)(H2,34,37,38). The van der Waals surface area contributed by atoms with Crippen molar-refractivity contribution < 1.29 is 14.3 Å². The molecule has 1 unspecified atom stereocenters. The van der Waals surface area contributed by atoms with Gasteiger partial charge in [-0.2, -0.15) is 5.26 Å². The van der Waals surface area contributed by atoms with Crippen molar-refractivity contribution in [3.8, 4) is 6.07 Å². The van der Waals surface area contributed by atoms with Crippen LogP contribution in [0.3, 0.4) is 0 Å². The Kier molecular flexibility index (Phi) is 10.0. The van der Waals surface area contributed by atoms with Crippen LogP contribution in [0.1, 0.15) is 39.5 Å². The fourth-order valence-corrected chi connectivity index (χ4v) is 5.74. The van der Waals surface area contributed by atoms with Crippen molar-refractivity contribution >= 4 is 28.9 Å². The summed E-state index contributed by atoms with van der Waals surface area (Å²) in [4.78, 5) is 22.1. The summed E-state index contributed by atoms with van der Waals surface area (Å²) >= 11 is 0. The number of anilines is 3. The predicted molar refractivity (Wildman–Crippen MR) is 169 cm³/mol. The van der Waals surface area contributed by atoms with Crippen LogP contribution in [0.5, 0.6) is 0 Å². The third-order valence-corrected chi connectivity index (χ3v) is 7.93. The van der Waals surface area contributed by atoms with E-state index < -0.39 is 6.17 Å². The molecule has 1 atom stereocenters. The molecule has 0 saturated carbocycles. The number of hydrogen-bond acceptors (Lipinski definition) is 10. The second-order valence-corrected chi connectivity index (χ2v) is 11.2. The number of ether oxygens (including phenoxy) is 2. The van der Waals surface area contributed by atoms with Crippen LogP contribution in [-0.2, 0) is 14.3 Å². The lowest BCUT2D eigenvalue weighted by molar-refractivity contribution is -0.111. The van der Waals surface area contributed by atoms with E-state index in [1.165, 1.54) is 6.08 Å². The Hall–Kier alpha value is -4.27. The Bertz CT molecular complexity index is 1340. The van der Waals surface area contributed by atoms with Gasteiger partial charge in [0.25, 0.3) is 0 Å². The summed E-state index contributed by atoms with van der Waals surface area (Å²) in [6.07, 6.45) is 10.2. The van der Waals surface area contributed by atoms with Crippen LogP contribution in [-0.4, -0.2) is 74.5 Å². The Morgan fingerprint density at radius 2 is 2.02 bits per heavy atom. The van der Waals surface area contributed by atoms with E-state index in [9.17, 15) is 10.1 Å². The molecule has 1 aromatic rings. The first-order chi connectivity index (χ1) is 20.9. The number of rotatable bonds is 9. The van der Waals surface area contributed by atoms with Gasteiger partial charge in [0.15, 0.2) is 6.17 Å². The number of benzene rings is 1. The van der Waals surface area contributed by atoms with E-state index in [1.807, 2.05) is 32.1 Å².